The first kappa shape index (κ1) is 13.5. The summed E-state index contributed by atoms with van der Waals surface area (Å²) in [6, 6.07) is 4.34. The zero-order valence-corrected chi connectivity index (χ0v) is 10.2. The Bertz CT molecular complexity index is 429. The molecule has 0 bridgehead atoms. The van der Waals surface area contributed by atoms with E-state index in [9.17, 15) is 9.59 Å². The number of carboxylic acid groups (broad SMARTS) is 1. The van der Waals surface area contributed by atoms with Crippen molar-refractivity contribution in [3.05, 3.63) is 34.3 Å². The molecule has 0 radical (unpaired) electrons. The van der Waals surface area contributed by atoms with Gasteiger partial charge in [-0.3, -0.25) is 0 Å². The highest BCUT2D eigenvalue weighted by molar-refractivity contribution is 6.34. The van der Waals surface area contributed by atoms with Crippen LogP contribution in [0.3, 0.4) is 0 Å². The van der Waals surface area contributed by atoms with Crippen molar-refractivity contribution in [1.29, 1.82) is 0 Å². The fourth-order valence-electron chi connectivity index (χ4n) is 1.30. The first-order valence-corrected chi connectivity index (χ1v) is 5.64. The van der Waals surface area contributed by atoms with Gasteiger partial charge < -0.3 is 9.84 Å². The number of carboxylic acids is 1. The number of halogens is 1. The number of unbranched alkanes of at least 4 members (excludes halogenated alkanes) is 1. The molecule has 0 heterocycles. The van der Waals surface area contributed by atoms with Crippen LogP contribution in [0.1, 0.15) is 40.5 Å². The smallest absolute Gasteiger partial charge is 0.339 e. The van der Waals surface area contributed by atoms with Gasteiger partial charge in [0.25, 0.3) is 0 Å². The molecule has 0 unspecified atom stereocenters. The molecule has 4 nitrogen and oxygen atoms in total. The summed E-state index contributed by atoms with van der Waals surface area (Å²) >= 11 is 5.74. The molecule has 1 aromatic rings. The second kappa shape index (κ2) is 6.25. The summed E-state index contributed by atoms with van der Waals surface area (Å²) in [5.74, 6) is -1.89. The SMILES string of the molecule is CCCCOC(=O)c1cccc(Cl)c1C(=O)O. The molecule has 0 aliphatic heterocycles. The molecule has 0 atom stereocenters. The number of rotatable bonds is 5. The molecule has 0 fully saturated rings. The van der Waals surface area contributed by atoms with Crippen molar-refractivity contribution < 1.29 is 19.4 Å². The summed E-state index contributed by atoms with van der Waals surface area (Å²) in [5, 5.41) is 9.00. The molecule has 0 aromatic heterocycles. The van der Waals surface area contributed by atoms with Crippen LogP contribution in [0.25, 0.3) is 0 Å². The van der Waals surface area contributed by atoms with E-state index in [0.29, 0.717) is 0 Å². The summed E-state index contributed by atoms with van der Waals surface area (Å²) in [6.07, 6.45) is 1.64. The lowest BCUT2D eigenvalue weighted by Gasteiger charge is -2.07. The number of ether oxygens (including phenoxy) is 1. The first-order chi connectivity index (χ1) is 8.07. The van der Waals surface area contributed by atoms with Crippen LogP contribution in [0.5, 0.6) is 0 Å². The zero-order chi connectivity index (χ0) is 12.8. The number of esters is 1. The maximum atomic E-state index is 11.7. The summed E-state index contributed by atoms with van der Waals surface area (Å²) in [4.78, 5) is 22.6. The highest BCUT2D eigenvalue weighted by atomic mass is 35.5. The molecule has 17 heavy (non-hydrogen) atoms. The number of hydrogen-bond donors (Lipinski definition) is 1. The standard InChI is InChI=1S/C12H13ClO4/c1-2-3-7-17-12(16)8-5-4-6-9(13)10(8)11(14)15/h4-6H,2-3,7H2,1H3,(H,14,15). The number of carbonyl (C=O) groups is 2. The van der Waals surface area contributed by atoms with Crippen LogP contribution in [0.15, 0.2) is 18.2 Å². The van der Waals surface area contributed by atoms with Gasteiger partial charge in [-0.05, 0) is 18.6 Å². The van der Waals surface area contributed by atoms with E-state index in [-0.39, 0.29) is 22.8 Å². The first-order valence-electron chi connectivity index (χ1n) is 5.26. The Morgan fingerprint density at radius 3 is 2.71 bits per heavy atom. The van der Waals surface area contributed by atoms with Crippen LogP contribution in [0, 0.1) is 0 Å². The maximum absolute atomic E-state index is 11.7. The zero-order valence-electron chi connectivity index (χ0n) is 9.40. The van der Waals surface area contributed by atoms with Gasteiger partial charge in [-0.1, -0.05) is 31.0 Å². The second-order valence-corrected chi connectivity index (χ2v) is 3.86. The molecule has 5 heteroatoms. The van der Waals surface area contributed by atoms with Crippen LogP contribution in [0.4, 0.5) is 0 Å². The predicted octanol–water partition coefficient (Wildman–Crippen LogP) is 3.00. The molecule has 0 aliphatic carbocycles. The molecular weight excluding hydrogens is 244 g/mol. The molecule has 0 aliphatic rings. The van der Waals surface area contributed by atoms with Crippen molar-refractivity contribution in [2.75, 3.05) is 6.61 Å². The van der Waals surface area contributed by atoms with E-state index >= 15 is 0 Å². The minimum atomic E-state index is -1.24. The molecule has 1 aromatic carbocycles. The highest BCUT2D eigenvalue weighted by Crippen LogP contribution is 2.20. The van der Waals surface area contributed by atoms with Crippen molar-refractivity contribution in [3.63, 3.8) is 0 Å². The molecule has 1 N–H and O–H groups in total. The quantitative estimate of drug-likeness (QED) is 0.650. The van der Waals surface area contributed by atoms with Crippen molar-refractivity contribution in [2.45, 2.75) is 19.8 Å². The Morgan fingerprint density at radius 2 is 2.12 bits per heavy atom. The van der Waals surface area contributed by atoms with E-state index in [1.165, 1.54) is 18.2 Å². The Balaban J connectivity index is 2.93. The van der Waals surface area contributed by atoms with E-state index in [4.69, 9.17) is 21.4 Å². The number of benzene rings is 1. The molecular formula is C12H13ClO4. The third-order valence-electron chi connectivity index (χ3n) is 2.18. The van der Waals surface area contributed by atoms with Crippen molar-refractivity contribution >= 4 is 23.5 Å². The van der Waals surface area contributed by atoms with E-state index in [2.05, 4.69) is 0 Å². The van der Waals surface area contributed by atoms with Gasteiger partial charge in [0.05, 0.1) is 22.8 Å². The Morgan fingerprint density at radius 1 is 1.41 bits per heavy atom. The van der Waals surface area contributed by atoms with Gasteiger partial charge in [0.2, 0.25) is 0 Å². The van der Waals surface area contributed by atoms with Crippen LogP contribution < -0.4 is 0 Å². The van der Waals surface area contributed by atoms with Crippen molar-refractivity contribution in [2.24, 2.45) is 0 Å². The van der Waals surface area contributed by atoms with Gasteiger partial charge in [0.1, 0.15) is 0 Å². The van der Waals surface area contributed by atoms with Crippen LogP contribution >= 0.6 is 11.6 Å². The number of aromatic carboxylic acids is 1. The van der Waals surface area contributed by atoms with Crippen LogP contribution in [0.2, 0.25) is 5.02 Å². The van der Waals surface area contributed by atoms with Gasteiger partial charge in [-0.2, -0.15) is 0 Å². The lowest BCUT2D eigenvalue weighted by atomic mass is 10.1. The third kappa shape index (κ3) is 3.46. The second-order valence-electron chi connectivity index (χ2n) is 3.46. The fourth-order valence-corrected chi connectivity index (χ4v) is 1.55. The normalized spacial score (nSPS) is 10.0. The summed E-state index contributed by atoms with van der Waals surface area (Å²) < 4.78 is 4.95. The highest BCUT2D eigenvalue weighted by Gasteiger charge is 2.20. The van der Waals surface area contributed by atoms with Crippen LogP contribution in [-0.2, 0) is 4.74 Å². The largest absolute Gasteiger partial charge is 0.478 e. The number of hydrogen-bond acceptors (Lipinski definition) is 3. The molecule has 0 amide bonds. The van der Waals surface area contributed by atoms with E-state index < -0.39 is 11.9 Å². The fraction of sp³-hybridized carbons (Fsp3) is 0.333. The molecule has 0 saturated carbocycles. The Labute approximate surface area is 104 Å². The minimum absolute atomic E-state index is 0.0129. The number of carbonyl (C=O) groups excluding carboxylic acids is 1. The average molecular weight is 257 g/mol. The van der Waals surface area contributed by atoms with Gasteiger partial charge in [0, 0.05) is 0 Å². The maximum Gasteiger partial charge on any atom is 0.339 e. The van der Waals surface area contributed by atoms with Gasteiger partial charge >= 0.3 is 11.9 Å². The van der Waals surface area contributed by atoms with Crippen LogP contribution in [-0.4, -0.2) is 23.7 Å². The Hall–Kier alpha value is -1.55. The topological polar surface area (TPSA) is 63.6 Å². The molecule has 92 valence electrons. The lowest BCUT2D eigenvalue weighted by Crippen LogP contribution is -2.12. The molecule has 1 rings (SSSR count). The summed E-state index contributed by atoms with van der Waals surface area (Å²) in [7, 11) is 0. The van der Waals surface area contributed by atoms with E-state index in [1.807, 2.05) is 6.92 Å². The lowest BCUT2D eigenvalue weighted by molar-refractivity contribution is 0.0489. The molecule has 0 spiro atoms. The third-order valence-corrected chi connectivity index (χ3v) is 2.49. The van der Waals surface area contributed by atoms with E-state index in [1.54, 1.807) is 0 Å². The minimum Gasteiger partial charge on any atom is -0.478 e. The van der Waals surface area contributed by atoms with Gasteiger partial charge in [-0.15, -0.1) is 0 Å². The van der Waals surface area contributed by atoms with Crippen molar-refractivity contribution in [3.8, 4) is 0 Å². The van der Waals surface area contributed by atoms with Gasteiger partial charge in [0.15, 0.2) is 0 Å². The summed E-state index contributed by atoms with van der Waals surface area (Å²) in [6.45, 7) is 2.25. The van der Waals surface area contributed by atoms with Gasteiger partial charge in [-0.25, -0.2) is 9.59 Å². The van der Waals surface area contributed by atoms with E-state index in [0.717, 1.165) is 12.8 Å². The molecule has 0 saturated heterocycles. The summed E-state index contributed by atoms with van der Waals surface area (Å²) in [5.41, 5.74) is -0.225. The monoisotopic (exact) mass is 256 g/mol. The predicted molar refractivity (Wildman–Crippen MR) is 63.6 cm³/mol. The Kier molecular flexibility index (Phi) is 4.97. The average Bonchev–Trinajstić information content (AvgIpc) is 2.28. The van der Waals surface area contributed by atoms with Crippen molar-refractivity contribution in [1.82, 2.24) is 0 Å².